The van der Waals surface area contributed by atoms with Crippen LogP contribution in [-0.4, -0.2) is 11.5 Å². The Hall–Kier alpha value is -1.38. The summed E-state index contributed by atoms with van der Waals surface area (Å²) in [6.45, 7) is 7.12. The van der Waals surface area contributed by atoms with E-state index >= 15 is 0 Å². The first-order valence-electron chi connectivity index (χ1n) is 6.53. The molecule has 2 rings (SSSR count). The zero-order chi connectivity index (χ0) is 13.8. The molecule has 1 aromatic carbocycles. The highest BCUT2D eigenvalue weighted by Crippen LogP contribution is 2.28. The number of rotatable bonds is 4. The maximum absolute atomic E-state index is 6.23. The van der Waals surface area contributed by atoms with Gasteiger partial charge in [0.15, 0.2) is 0 Å². The van der Waals surface area contributed by atoms with Crippen LogP contribution in [0, 0.1) is 13.8 Å². The molecule has 0 aliphatic heterocycles. The summed E-state index contributed by atoms with van der Waals surface area (Å²) in [6.07, 6.45) is 3.79. The van der Waals surface area contributed by atoms with E-state index in [1.165, 1.54) is 16.7 Å². The molecule has 100 valence electrons. The molecule has 1 atom stereocenters. The van der Waals surface area contributed by atoms with Gasteiger partial charge in [-0.25, -0.2) is 0 Å². The Balaban J connectivity index is 2.48. The van der Waals surface area contributed by atoms with Crippen LogP contribution in [0.5, 0.6) is 0 Å². The molecule has 0 saturated heterocycles. The largest absolute Gasteiger partial charge is 0.306 e. The first kappa shape index (κ1) is 14.0. The maximum atomic E-state index is 6.23. The molecule has 0 fully saturated rings. The van der Waals surface area contributed by atoms with Gasteiger partial charge in [0.25, 0.3) is 0 Å². The fourth-order valence-electron chi connectivity index (χ4n) is 2.28. The van der Waals surface area contributed by atoms with Crippen molar-refractivity contribution in [1.29, 1.82) is 0 Å². The standard InChI is InChI=1S/C16H19ClN2/c1-4-19-16(13-8-11(2)9-18-10-13)14-6-5-7-15(17)12(14)3/h5-10,16,19H,4H2,1-3H3. The molecule has 3 heteroatoms. The summed E-state index contributed by atoms with van der Waals surface area (Å²) in [7, 11) is 0. The normalized spacial score (nSPS) is 12.4. The molecule has 19 heavy (non-hydrogen) atoms. The lowest BCUT2D eigenvalue weighted by molar-refractivity contribution is 0.625. The zero-order valence-corrected chi connectivity index (χ0v) is 12.3. The van der Waals surface area contributed by atoms with Gasteiger partial charge in [0.2, 0.25) is 0 Å². The van der Waals surface area contributed by atoms with E-state index < -0.39 is 0 Å². The van der Waals surface area contributed by atoms with Crippen molar-refractivity contribution in [3.63, 3.8) is 0 Å². The van der Waals surface area contributed by atoms with Gasteiger partial charge >= 0.3 is 0 Å². The number of hydrogen-bond acceptors (Lipinski definition) is 2. The van der Waals surface area contributed by atoms with Crippen molar-refractivity contribution >= 4 is 11.6 Å². The Labute approximate surface area is 119 Å². The molecule has 0 amide bonds. The minimum atomic E-state index is 0.135. The van der Waals surface area contributed by atoms with E-state index in [9.17, 15) is 0 Å². The molecule has 0 saturated carbocycles. The van der Waals surface area contributed by atoms with Gasteiger partial charge in [-0.2, -0.15) is 0 Å². The topological polar surface area (TPSA) is 24.9 Å². The van der Waals surface area contributed by atoms with Gasteiger partial charge in [0.05, 0.1) is 6.04 Å². The number of aromatic nitrogens is 1. The second-order valence-electron chi connectivity index (χ2n) is 4.74. The molecule has 2 aromatic rings. The fourth-order valence-corrected chi connectivity index (χ4v) is 2.47. The van der Waals surface area contributed by atoms with E-state index in [0.717, 1.165) is 17.1 Å². The van der Waals surface area contributed by atoms with Gasteiger partial charge in [-0.05, 0) is 48.7 Å². The van der Waals surface area contributed by atoms with Crippen LogP contribution in [-0.2, 0) is 0 Å². The molecule has 1 N–H and O–H groups in total. The summed E-state index contributed by atoms with van der Waals surface area (Å²) < 4.78 is 0. The number of nitrogens with one attached hydrogen (secondary N) is 1. The molecule has 0 spiro atoms. The van der Waals surface area contributed by atoms with E-state index in [1.807, 2.05) is 24.5 Å². The summed E-state index contributed by atoms with van der Waals surface area (Å²) in [5.74, 6) is 0. The predicted molar refractivity (Wildman–Crippen MR) is 80.7 cm³/mol. The monoisotopic (exact) mass is 274 g/mol. The van der Waals surface area contributed by atoms with Gasteiger partial charge in [0.1, 0.15) is 0 Å². The highest BCUT2D eigenvalue weighted by Gasteiger charge is 2.16. The van der Waals surface area contributed by atoms with Gasteiger partial charge in [-0.15, -0.1) is 0 Å². The summed E-state index contributed by atoms with van der Waals surface area (Å²) in [5.41, 5.74) is 4.67. The van der Waals surface area contributed by atoms with E-state index in [4.69, 9.17) is 11.6 Å². The average Bonchev–Trinajstić information content (AvgIpc) is 2.40. The maximum Gasteiger partial charge on any atom is 0.0595 e. The van der Waals surface area contributed by atoms with Crippen LogP contribution in [0.2, 0.25) is 5.02 Å². The van der Waals surface area contributed by atoms with Crippen LogP contribution in [0.4, 0.5) is 0 Å². The molecule has 0 radical (unpaired) electrons. The van der Waals surface area contributed by atoms with Crippen molar-refractivity contribution in [3.8, 4) is 0 Å². The molecule has 0 bridgehead atoms. The van der Waals surface area contributed by atoms with Gasteiger partial charge < -0.3 is 5.32 Å². The molecular formula is C16H19ClN2. The van der Waals surface area contributed by atoms with Crippen molar-refractivity contribution in [3.05, 3.63) is 63.9 Å². The first-order valence-corrected chi connectivity index (χ1v) is 6.91. The highest BCUT2D eigenvalue weighted by molar-refractivity contribution is 6.31. The minimum Gasteiger partial charge on any atom is -0.306 e. The lowest BCUT2D eigenvalue weighted by atomic mass is 9.95. The van der Waals surface area contributed by atoms with E-state index in [-0.39, 0.29) is 6.04 Å². The highest BCUT2D eigenvalue weighted by atomic mass is 35.5. The van der Waals surface area contributed by atoms with Crippen molar-refractivity contribution in [1.82, 2.24) is 10.3 Å². The van der Waals surface area contributed by atoms with Crippen LogP contribution < -0.4 is 5.32 Å². The number of halogens is 1. The Morgan fingerprint density at radius 2 is 2.05 bits per heavy atom. The molecule has 1 aromatic heterocycles. The van der Waals surface area contributed by atoms with Gasteiger partial charge in [-0.3, -0.25) is 4.98 Å². The summed E-state index contributed by atoms with van der Waals surface area (Å²) in [5, 5.41) is 4.32. The van der Waals surface area contributed by atoms with E-state index in [2.05, 4.69) is 43.2 Å². The summed E-state index contributed by atoms with van der Waals surface area (Å²) in [4.78, 5) is 4.29. The van der Waals surface area contributed by atoms with E-state index in [0.29, 0.717) is 0 Å². The number of pyridine rings is 1. The van der Waals surface area contributed by atoms with Crippen LogP contribution in [0.1, 0.15) is 35.2 Å². The number of benzene rings is 1. The molecule has 0 aliphatic carbocycles. The van der Waals surface area contributed by atoms with Gasteiger partial charge in [0, 0.05) is 17.4 Å². The zero-order valence-electron chi connectivity index (χ0n) is 11.6. The summed E-state index contributed by atoms with van der Waals surface area (Å²) in [6, 6.07) is 8.35. The molecular weight excluding hydrogens is 256 g/mol. The Kier molecular flexibility index (Phi) is 4.56. The number of aryl methyl sites for hydroxylation is 1. The molecule has 1 heterocycles. The van der Waals surface area contributed by atoms with Crippen molar-refractivity contribution in [2.24, 2.45) is 0 Å². The quantitative estimate of drug-likeness (QED) is 0.910. The molecule has 0 aliphatic rings. The van der Waals surface area contributed by atoms with Gasteiger partial charge in [-0.1, -0.05) is 36.7 Å². The third-order valence-electron chi connectivity index (χ3n) is 3.26. The van der Waals surface area contributed by atoms with Crippen molar-refractivity contribution < 1.29 is 0 Å². The lowest BCUT2D eigenvalue weighted by Crippen LogP contribution is -2.23. The second-order valence-corrected chi connectivity index (χ2v) is 5.15. The first-order chi connectivity index (χ1) is 9.13. The Morgan fingerprint density at radius 3 is 2.74 bits per heavy atom. The van der Waals surface area contributed by atoms with Crippen LogP contribution in [0.3, 0.4) is 0 Å². The van der Waals surface area contributed by atoms with Crippen molar-refractivity contribution in [2.45, 2.75) is 26.8 Å². The second kappa shape index (κ2) is 6.18. The fraction of sp³-hybridized carbons (Fsp3) is 0.312. The van der Waals surface area contributed by atoms with Crippen LogP contribution in [0.15, 0.2) is 36.7 Å². The third-order valence-corrected chi connectivity index (χ3v) is 3.67. The van der Waals surface area contributed by atoms with Crippen LogP contribution in [0.25, 0.3) is 0 Å². The predicted octanol–water partition coefficient (Wildman–Crippen LogP) is 4.05. The van der Waals surface area contributed by atoms with Crippen molar-refractivity contribution in [2.75, 3.05) is 6.54 Å². The smallest absolute Gasteiger partial charge is 0.0595 e. The molecule has 1 unspecified atom stereocenters. The lowest BCUT2D eigenvalue weighted by Gasteiger charge is -2.21. The average molecular weight is 275 g/mol. The van der Waals surface area contributed by atoms with E-state index in [1.54, 1.807) is 0 Å². The SMILES string of the molecule is CCNC(c1cncc(C)c1)c1cccc(Cl)c1C. The number of nitrogens with zero attached hydrogens (tertiary/aromatic N) is 1. The number of hydrogen-bond donors (Lipinski definition) is 1. The third kappa shape index (κ3) is 3.14. The Morgan fingerprint density at radius 1 is 1.26 bits per heavy atom. The van der Waals surface area contributed by atoms with Crippen LogP contribution >= 0.6 is 11.6 Å². The summed E-state index contributed by atoms with van der Waals surface area (Å²) >= 11 is 6.23. The minimum absolute atomic E-state index is 0.135. The Bertz CT molecular complexity index is 566. The molecule has 2 nitrogen and oxygen atoms in total.